The molecule has 76 valence electrons. The van der Waals surface area contributed by atoms with Crippen molar-refractivity contribution in [3.63, 3.8) is 0 Å². The first-order chi connectivity index (χ1) is 6.73. The molecular formula is C13H18O. The van der Waals surface area contributed by atoms with Gasteiger partial charge in [-0.1, -0.05) is 30.3 Å². The molecule has 0 radical (unpaired) electrons. The second-order valence-electron chi connectivity index (χ2n) is 4.53. The summed E-state index contributed by atoms with van der Waals surface area (Å²) in [5.74, 6) is 0. The van der Waals surface area contributed by atoms with Crippen molar-refractivity contribution in [2.45, 2.75) is 44.1 Å². The maximum Gasteiger partial charge on any atom is 0.0512 e. The Labute approximate surface area is 85.8 Å². The van der Waals surface area contributed by atoms with Gasteiger partial charge in [-0.3, -0.25) is 0 Å². The lowest BCUT2D eigenvalue weighted by molar-refractivity contribution is 0.177. The number of aliphatic hydroxyl groups excluding tert-OH is 1. The summed E-state index contributed by atoms with van der Waals surface area (Å²) in [6, 6.07) is 10.7. The van der Waals surface area contributed by atoms with Crippen molar-refractivity contribution in [1.82, 2.24) is 0 Å². The van der Waals surface area contributed by atoms with Crippen LogP contribution in [-0.2, 0) is 5.41 Å². The third kappa shape index (κ3) is 1.98. The highest BCUT2D eigenvalue weighted by Gasteiger charge is 2.43. The van der Waals surface area contributed by atoms with Crippen LogP contribution in [0.25, 0.3) is 0 Å². The Morgan fingerprint density at radius 3 is 2.43 bits per heavy atom. The van der Waals surface area contributed by atoms with Crippen molar-refractivity contribution < 1.29 is 5.11 Å². The minimum Gasteiger partial charge on any atom is -0.393 e. The van der Waals surface area contributed by atoms with Crippen molar-refractivity contribution in [3.8, 4) is 0 Å². The van der Waals surface area contributed by atoms with E-state index in [4.69, 9.17) is 0 Å². The van der Waals surface area contributed by atoms with Gasteiger partial charge in [-0.15, -0.1) is 0 Å². The van der Waals surface area contributed by atoms with Gasteiger partial charge >= 0.3 is 0 Å². The molecule has 1 saturated carbocycles. The average Bonchev–Trinajstić information content (AvgIpc) is 2.97. The Balaban J connectivity index is 2.03. The molecule has 0 spiro atoms. The molecule has 0 unspecified atom stereocenters. The van der Waals surface area contributed by atoms with Gasteiger partial charge in [0, 0.05) is 0 Å². The van der Waals surface area contributed by atoms with Crippen LogP contribution in [0.5, 0.6) is 0 Å². The number of benzene rings is 1. The van der Waals surface area contributed by atoms with Gasteiger partial charge in [-0.05, 0) is 43.6 Å². The van der Waals surface area contributed by atoms with Crippen LogP contribution in [0.2, 0.25) is 0 Å². The van der Waals surface area contributed by atoms with Crippen LogP contribution in [0.4, 0.5) is 0 Å². The van der Waals surface area contributed by atoms with Crippen LogP contribution >= 0.6 is 0 Å². The molecule has 1 N–H and O–H groups in total. The van der Waals surface area contributed by atoms with Crippen LogP contribution in [-0.4, -0.2) is 11.2 Å². The molecule has 1 fully saturated rings. The molecule has 1 atom stereocenters. The van der Waals surface area contributed by atoms with Crippen molar-refractivity contribution in [1.29, 1.82) is 0 Å². The fourth-order valence-corrected chi connectivity index (χ4v) is 2.11. The summed E-state index contributed by atoms with van der Waals surface area (Å²) >= 11 is 0. The molecule has 0 heterocycles. The minimum absolute atomic E-state index is 0.156. The Kier molecular flexibility index (Phi) is 2.60. The second kappa shape index (κ2) is 3.74. The predicted molar refractivity (Wildman–Crippen MR) is 58.3 cm³/mol. The standard InChI is InChI=1S/C13H18O/c1-11(14)7-8-13(9-10-13)12-5-3-2-4-6-12/h2-6,11,14H,7-10H2,1H3/t11-/m0/s1. The zero-order valence-corrected chi connectivity index (χ0v) is 8.74. The fourth-order valence-electron chi connectivity index (χ4n) is 2.11. The van der Waals surface area contributed by atoms with E-state index in [0.717, 1.165) is 12.8 Å². The number of hydrogen-bond acceptors (Lipinski definition) is 1. The van der Waals surface area contributed by atoms with Crippen LogP contribution in [0.15, 0.2) is 30.3 Å². The Hall–Kier alpha value is -0.820. The van der Waals surface area contributed by atoms with E-state index >= 15 is 0 Å². The monoisotopic (exact) mass is 190 g/mol. The minimum atomic E-state index is -0.156. The van der Waals surface area contributed by atoms with Gasteiger partial charge in [-0.25, -0.2) is 0 Å². The molecule has 0 aliphatic heterocycles. The summed E-state index contributed by atoms with van der Waals surface area (Å²) in [6.07, 6.45) is 4.49. The molecule has 2 rings (SSSR count). The summed E-state index contributed by atoms with van der Waals surface area (Å²) < 4.78 is 0. The molecule has 1 heteroatoms. The lowest BCUT2D eigenvalue weighted by Crippen LogP contribution is -2.10. The molecule has 1 nitrogen and oxygen atoms in total. The van der Waals surface area contributed by atoms with E-state index < -0.39 is 0 Å². The first-order valence-corrected chi connectivity index (χ1v) is 5.47. The summed E-state index contributed by atoms with van der Waals surface area (Å²) in [5, 5.41) is 9.29. The van der Waals surface area contributed by atoms with E-state index in [1.807, 2.05) is 6.92 Å². The predicted octanol–water partition coefficient (Wildman–Crippen LogP) is 2.88. The highest BCUT2D eigenvalue weighted by molar-refractivity contribution is 5.30. The first kappa shape index (κ1) is 9.72. The van der Waals surface area contributed by atoms with E-state index in [-0.39, 0.29) is 6.10 Å². The third-order valence-corrected chi connectivity index (χ3v) is 3.28. The molecule has 1 aromatic rings. The van der Waals surface area contributed by atoms with Crippen LogP contribution in [0.1, 0.15) is 38.2 Å². The summed E-state index contributed by atoms with van der Waals surface area (Å²) in [4.78, 5) is 0. The normalized spacial score (nSPS) is 20.4. The smallest absolute Gasteiger partial charge is 0.0512 e. The Morgan fingerprint density at radius 2 is 1.93 bits per heavy atom. The zero-order valence-electron chi connectivity index (χ0n) is 8.74. The molecular weight excluding hydrogens is 172 g/mol. The maximum absolute atomic E-state index is 9.29. The van der Waals surface area contributed by atoms with E-state index in [2.05, 4.69) is 30.3 Å². The third-order valence-electron chi connectivity index (χ3n) is 3.28. The number of rotatable bonds is 4. The second-order valence-corrected chi connectivity index (χ2v) is 4.53. The van der Waals surface area contributed by atoms with Gasteiger partial charge in [0.2, 0.25) is 0 Å². The van der Waals surface area contributed by atoms with E-state index in [0.29, 0.717) is 5.41 Å². The highest BCUT2D eigenvalue weighted by Crippen LogP contribution is 2.51. The molecule has 14 heavy (non-hydrogen) atoms. The molecule has 1 aromatic carbocycles. The quantitative estimate of drug-likeness (QED) is 0.774. The molecule has 0 amide bonds. The van der Waals surface area contributed by atoms with Crippen LogP contribution in [0, 0.1) is 0 Å². The van der Waals surface area contributed by atoms with Gasteiger partial charge in [0.05, 0.1) is 6.10 Å². The molecule has 1 aliphatic rings. The van der Waals surface area contributed by atoms with E-state index in [1.54, 1.807) is 0 Å². The van der Waals surface area contributed by atoms with Crippen molar-refractivity contribution >= 4 is 0 Å². The van der Waals surface area contributed by atoms with Gasteiger partial charge < -0.3 is 5.11 Å². The van der Waals surface area contributed by atoms with Crippen LogP contribution in [0.3, 0.4) is 0 Å². The van der Waals surface area contributed by atoms with Gasteiger partial charge in [0.1, 0.15) is 0 Å². The SMILES string of the molecule is C[C@H](O)CCC1(c2ccccc2)CC1. The zero-order chi connectivity index (χ0) is 10.0. The van der Waals surface area contributed by atoms with E-state index in [9.17, 15) is 5.11 Å². The van der Waals surface area contributed by atoms with Gasteiger partial charge in [0.25, 0.3) is 0 Å². The highest BCUT2D eigenvalue weighted by atomic mass is 16.3. The van der Waals surface area contributed by atoms with Crippen LogP contribution < -0.4 is 0 Å². The fraction of sp³-hybridized carbons (Fsp3) is 0.538. The number of hydrogen-bond donors (Lipinski definition) is 1. The topological polar surface area (TPSA) is 20.2 Å². The summed E-state index contributed by atoms with van der Waals surface area (Å²) in [7, 11) is 0. The number of aliphatic hydroxyl groups is 1. The molecule has 0 bridgehead atoms. The van der Waals surface area contributed by atoms with E-state index in [1.165, 1.54) is 18.4 Å². The Bertz CT molecular complexity index is 285. The Morgan fingerprint density at radius 1 is 1.29 bits per heavy atom. The summed E-state index contributed by atoms with van der Waals surface area (Å²) in [6.45, 7) is 1.88. The van der Waals surface area contributed by atoms with Crippen molar-refractivity contribution in [3.05, 3.63) is 35.9 Å². The van der Waals surface area contributed by atoms with Gasteiger partial charge in [0.15, 0.2) is 0 Å². The molecule has 1 aliphatic carbocycles. The maximum atomic E-state index is 9.29. The molecule has 0 saturated heterocycles. The summed E-state index contributed by atoms with van der Waals surface area (Å²) in [5.41, 5.74) is 1.87. The average molecular weight is 190 g/mol. The van der Waals surface area contributed by atoms with Crippen molar-refractivity contribution in [2.75, 3.05) is 0 Å². The largest absolute Gasteiger partial charge is 0.393 e. The lowest BCUT2D eigenvalue weighted by Gasteiger charge is -2.16. The van der Waals surface area contributed by atoms with Crippen molar-refractivity contribution in [2.24, 2.45) is 0 Å². The van der Waals surface area contributed by atoms with Gasteiger partial charge in [-0.2, -0.15) is 0 Å². The first-order valence-electron chi connectivity index (χ1n) is 5.47. The molecule has 0 aromatic heterocycles. The lowest BCUT2D eigenvalue weighted by atomic mass is 9.90.